The molecule has 0 radical (unpaired) electrons. The normalized spacial score (nSPS) is 12.2. The second kappa shape index (κ2) is 10.7. The van der Waals surface area contributed by atoms with Crippen molar-refractivity contribution in [2.45, 2.75) is 0 Å². The lowest BCUT2D eigenvalue weighted by molar-refractivity contribution is 1.13. The average Bonchev–Trinajstić information content (AvgIpc) is 3.86. The molecule has 0 N–H and O–H groups in total. The van der Waals surface area contributed by atoms with Crippen molar-refractivity contribution < 1.29 is 0 Å². The molecule has 0 bridgehead atoms. The first kappa shape index (κ1) is 28.6. The number of fused-ring (bicyclic) bond motifs is 13. The first-order chi connectivity index (χ1) is 26.3. The first-order valence-corrected chi connectivity index (χ1v) is 18.3. The molecule has 53 heavy (non-hydrogen) atoms. The Morgan fingerprint density at radius 2 is 0.660 bits per heavy atom. The van der Waals surface area contributed by atoms with Gasteiger partial charge in [-0.3, -0.25) is 0 Å². The van der Waals surface area contributed by atoms with Crippen LogP contribution in [0.1, 0.15) is 0 Å². The number of rotatable bonds is 3. The van der Waals surface area contributed by atoms with Gasteiger partial charge in [0.15, 0.2) is 0 Å². The van der Waals surface area contributed by atoms with E-state index < -0.39 is 0 Å². The van der Waals surface area contributed by atoms with Crippen molar-refractivity contribution in [2.24, 2.45) is 0 Å². The van der Waals surface area contributed by atoms with Crippen LogP contribution in [-0.4, -0.2) is 13.7 Å². The number of hydrogen-bond donors (Lipinski definition) is 0. The molecule has 246 valence electrons. The van der Waals surface area contributed by atoms with Crippen molar-refractivity contribution in [1.29, 1.82) is 0 Å². The topological polar surface area (TPSA) is 14.8 Å². The minimum atomic E-state index is 1.14. The molecule has 12 rings (SSSR count). The molecule has 0 aliphatic carbocycles. The summed E-state index contributed by atoms with van der Waals surface area (Å²) in [4.78, 5) is 0. The standard InChI is InChI=1S/C50H31N3/c1-2-17-35-32(14-1)30-48(37-19-4-3-18-36(35)37)53-45-27-12-8-23-41(45)50-47(53)29-28-46-49(50)40-22-7-11-26-44(40)52(46)34-16-13-15-33(31-34)51-42-24-9-5-20-38(42)39-21-6-10-25-43(39)51/h1-31H. The molecule has 3 heterocycles. The van der Waals surface area contributed by atoms with E-state index in [2.05, 4.69) is 202 Å². The molecule has 9 aromatic carbocycles. The van der Waals surface area contributed by atoms with Gasteiger partial charge in [-0.2, -0.15) is 0 Å². The predicted octanol–water partition coefficient (Wildman–Crippen LogP) is 13.3. The smallest absolute Gasteiger partial charge is 0.0549 e. The summed E-state index contributed by atoms with van der Waals surface area (Å²) in [6.07, 6.45) is 0. The third-order valence-electron chi connectivity index (χ3n) is 11.4. The number of nitrogens with zero attached hydrogens (tertiary/aromatic N) is 3. The molecule has 0 atom stereocenters. The Morgan fingerprint density at radius 3 is 1.26 bits per heavy atom. The van der Waals surface area contributed by atoms with Crippen LogP contribution >= 0.6 is 0 Å². The molecule has 0 amide bonds. The summed E-state index contributed by atoms with van der Waals surface area (Å²) >= 11 is 0. The fraction of sp³-hybridized carbons (Fsp3) is 0. The maximum atomic E-state index is 2.49. The summed E-state index contributed by atoms with van der Waals surface area (Å²) in [6, 6.07) is 68.9. The molecule has 0 aliphatic rings. The highest BCUT2D eigenvalue weighted by Gasteiger charge is 2.22. The van der Waals surface area contributed by atoms with E-state index in [9.17, 15) is 0 Å². The lowest BCUT2D eigenvalue weighted by Crippen LogP contribution is -1.98. The van der Waals surface area contributed by atoms with E-state index in [4.69, 9.17) is 0 Å². The van der Waals surface area contributed by atoms with Crippen LogP contribution in [0.25, 0.3) is 104 Å². The third-order valence-corrected chi connectivity index (χ3v) is 11.4. The minimum absolute atomic E-state index is 1.14. The fourth-order valence-electron chi connectivity index (χ4n) is 9.25. The van der Waals surface area contributed by atoms with Crippen LogP contribution in [0.15, 0.2) is 188 Å². The van der Waals surface area contributed by atoms with Crippen LogP contribution < -0.4 is 0 Å². The van der Waals surface area contributed by atoms with E-state index in [1.165, 1.54) is 92.6 Å². The second-order valence-corrected chi connectivity index (χ2v) is 14.1. The van der Waals surface area contributed by atoms with Crippen molar-refractivity contribution in [3.63, 3.8) is 0 Å². The maximum absolute atomic E-state index is 2.49. The summed E-state index contributed by atoms with van der Waals surface area (Å²) in [5.74, 6) is 0. The van der Waals surface area contributed by atoms with Gasteiger partial charge in [0.25, 0.3) is 0 Å². The van der Waals surface area contributed by atoms with Crippen molar-refractivity contribution in [3.8, 4) is 17.1 Å². The molecule has 0 unspecified atom stereocenters. The van der Waals surface area contributed by atoms with Crippen LogP contribution in [-0.2, 0) is 0 Å². The van der Waals surface area contributed by atoms with E-state index in [1.807, 2.05) is 0 Å². The van der Waals surface area contributed by atoms with Gasteiger partial charge >= 0.3 is 0 Å². The molecule has 0 spiro atoms. The number of aromatic nitrogens is 3. The van der Waals surface area contributed by atoms with Crippen molar-refractivity contribution in [1.82, 2.24) is 13.7 Å². The van der Waals surface area contributed by atoms with Gasteiger partial charge in [-0.1, -0.05) is 127 Å². The zero-order chi connectivity index (χ0) is 34.6. The van der Waals surface area contributed by atoms with Gasteiger partial charge < -0.3 is 13.7 Å². The van der Waals surface area contributed by atoms with Crippen molar-refractivity contribution >= 4 is 87.0 Å². The lowest BCUT2D eigenvalue weighted by atomic mass is 10.00. The Labute approximate surface area is 304 Å². The van der Waals surface area contributed by atoms with Gasteiger partial charge in [-0.15, -0.1) is 0 Å². The Morgan fingerprint density at radius 1 is 0.245 bits per heavy atom. The van der Waals surface area contributed by atoms with Crippen LogP contribution in [0, 0.1) is 0 Å². The predicted molar refractivity (Wildman–Crippen MR) is 224 cm³/mol. The van der Waals surface area contributed by atoms with Crippen LogP contribution in [0.2, 0.25) is 0 Å². The molecule has 0 aliphatic heterocycles. The van der Waals surface area contributed by atoms with E-state index in [0.717, 1.165) is 11.4 Å². The van der Waals surface area contributed by atoms with Crippen LogP contribution in [0.4, 0.5) is 0 Å². The van der Waals surface area contributed by atoms with Gasteiger partial charge in [-0.05, 0) is 76.8 Å². The SMILES string of the molecule is c1cc(-n2c3ccccc3c3ccccc32)cc(-n2c3ccccc3c3c4c5ccccc5n(-c5cc6ccccc6c6ccccc56)c4ccc32)c1. The lowest BCUT2D eigenvalue weighted by Gasteiger charge is -2.14. The fourth-order valence-corrected chi connectivity index (χ4v) is 9.25. The Bertz CT molecular complexity index is 3410. The molecule has 12 aromatic rings. The second-order valence-electron chi connectivity index (χ2n) is 14.1. The van der Waals surface area contributed by atoms with E-state index >= 15 is 0 Å². The Hall–Kier alpha value is -7.10. The number of hydrogen-bond acceptors (Lipinski definition) is 0. The number of para-hydroxylation sites is 4. The van der Waals surface area contributed by atoms with Crippen molar-refractivity contribution in [2.75, 3.05) is 0 Å². The summed E-state index contributed by atoms with van der Waals surface area (Å²) in [7, 11) is 0. The average molecular weight is 674 g/mol. The van der Waals surface area contributed by atoms with Gasteiger partial charge in [0.05, 0.1) is 38.8 Å². The van der Waals surface area contributed by atoms with E-state index in [-0.39, 0.29) is 0 Å². The number of benzene rings is 9. The quantitative estimate of drug-likeness (QED) is 0.166. The summed E-state index contributed by atoms with van der Waals surface area (Å²) in [5.41, 5.74) is 10.7. The van der Waals surface area contributed by atoms with Crippen molar-refractivity contribution in [3.05, 3.63) is 188 Å². The molecule has 3 nitrogen and oxygen atoms in total. The van der Waals surface area contributed by atoms with E-state index in [0.29, 0.717) is 0 Å². The monoisotopic (exact) mass is 673 g/mol. The minimum Gasteiger partial charge on any atom is -0.309 e. The van der Waals surface area contributed by atoms with Crippen LogP contribution in [0.3, 0.4) is 0 Å². The largest absolute Gasteiger partial charge is 0.309 e. The molecular weight excluding hydrogens is 643 g/mol. The highest BCUT2D eigenvalue weighted by molar-refractivity contribution is 6.29. The molecule has 0 fully saturated rings. The third kappa shape index (κ3) is 3.88. The Balaban J connectivity index is 1.17. The van der Waals surface area contributed by atoms with Gasteiger partial charge in [0, 0.05) is 49.1 Å². The molecule has 3 heteroatoms. The molecule has 3 aromatic heterocycles. The first-order valence-electron chi connectivity index (χ1n) is 18.3. The maximum Gasteiger partial charge on any atom is 0.0549 e. The van der Waals surface area contributed by atoms with E-state index in [1.54, 1.807) is 0 Å². The highest BCUT2D eigenvalue weighted by atomic mass is 15.0. The molecule has 0 saturated heterocycles. The Kier molecular flexibility index (Phi) is 5.77. The highest BCUT2D eigenvalue weighted by Crippen LogP contribution is 2.44. The van der Waals surface area contributed by atoms with Gasteiger partial charge in [0.2, 0.25) is 0 Å². The zero-order valence-corrected chi connectivity index (χ0v) is 28.7. The molecular formula is C50H31N3. The summed E-state index contributed by atoms with van der Waals surface area (Å²) in [6.45, 7) is 0. The van der Waals surface area contributed by atoms with Crippen LogP contribution in [0.5, 0.6) is 0 Å². The zero-order valence-electron chi connectivity index (χ0n) is 28.7. The summed E-state index contributed by atoms with van der Waals surface area (Å²) < 4.78 is 7.36. The molecule has 0 saturated carbocycles. The van der Waals surface area contributed by atoms with Gasteiger partial charge in [-0.25, -0.2) is 0 Å². The van der Waals surface area contributed by atoms with Gasteiger partial charge in [0.1, 0.15) is 0 Å². The summed E-state index contributed by atoms with van der Waals surface area (Å²) in [5, 5.41) is 12.6.